The van der Waals surface area contributed by atoms with Crippen LogP contribution >= 0.6 is 0 Å². The lowest BCUT2D eigenvalue weighted by molar-refractivity contribution is -0.198. The van der Waals surface area contributed by atoms with Gasteiger partial charge in [0.25, 0.3) is 0 Å². The van der Waals surface area contributed by atoms with E-state index in [9.17, 15) is 18.0 Å². The number of likely N-dealkylation sites (tertiary alicyclic amines) is 1. The van der Waals surface area contributed by atoms with E-state index in [1.165, 1.54) is 0 Å². The van der Waals surface area contributed by atoms with E-state index in [-0.39, 0.29) is 6.54 Å². The van der Waals surface area contributed by atoms with Crippen molar-refractivity contribution in [1.29, 1.82) is 0 Å². The van der Waals surface area contributed by atoms with E-state index in [1.807, 2.05) is 0 Å². The van der Waals surface area contributed by atoms with E-state index in [0.717, 1.165) is 7.05 Å². The van der Waals surface area contributed by atoms with Crippen molar-refractivity contribution < 1.29 is 23.1 Å². The zero-order valence-electron chi connectivity index (χ0n) is 6.35. The van der Waals surface area contributed by atoms with Gasteiger partial charge in [-0.05, 0) is 7.05 Å². The molecule has 1 aliphatic heterocycles. The van der Waals surface area contributed by atoms with Crippen LogP contribution < -0.4 is 0 Å². The topological polar surface area (TPSA) is 40.5 Å². The van der Waals surface area contributed by atoms with Crippen LogP contribution in [0.5, 0.6) is 0 Å². The van der Waals surface area contributed by atoms with Gasteiger partial charge in [-0.2, -0.15) is 0 Å². The summed E-state index contributed by atoms with van der Waals surface area (Å²) in [4.78, 5) is 10.8. The van der Waals surface area contributed by atoms with E-state index in [1.54, 1.807) is 0 Å². The maximum absolute atomic E-state index is 13.2. The summed E-state index contributed by atoms with van der Waals surface area (Å²) in [6, 6.07) is 0. The Morgan fingerprint density at radius 3 is 2.17 bits per heavy atom. The summed E-state index contributed by atoms with van der Waals surface area (Å²) >= 11 is 0. The first-order valence-electron chi connectivity index (χ1n) is 3.34. The quantitative estimate of drug-likeness (QED) is 0.608. The third-order valence-electron chi connectivity index (χ3n) is 2.06. The monoisotopic (exact) mass is 183 g/mol. The first-order chi connectivity index (χ1) is 5.32. The Balaban J connectivity index is 3.06. The van der Waals surface area contributed by atoms with E-state index < -0.39 is 24.1 Å². The van der Waals surface area contributed by atoms with Gasteiger partial charge in [-0.3, -0.25) is 4.90 Å². The highest BCUT2D eigenvalue weighted by Crippen LogP contribution is 2.43. The van der Waals surface area contributed by atoms with Crippen LogP contribution in [0, 0.1) is 0 Å². The number of hydrogen-bond donors (Lipinski definition) is 1. The molecule has 0 saturated carbocycles. The van der Waals surface area contributed by atoms with Crippen LogP contribution in [0.1, 0.15) is 6.42 Å². The smallest absolute Gasteiger partial charge is 0.363 e. The van der Waals surface area contributed by atoms with E-state index in [0.29, 0.717) is 4.90 Å². The number of aliphatic carboxylic acids is 1. The van der Waals surface area contributed by atoms with Crippen molar-refractivity contribution in [3.05, 3.63) is 0 Å². The van der Waals surface area contributed by atoms with Gasteiger partial charge in [0.05, 0.1) is 0 Å². The SMILES string of the molecule is CN1CCC(F)(F)[C@@]1(F)C(=O)O. The fraction of sp³-hybridized carbons (Fsp3) is 0.833. The van der Waals surface area contributed by atoms with Gasteiger partial charge in [0.1, 0.15) is 0 Å². The lowest BCUT2D eigenvalue weighted by atomic mass is 10.1. The van der Waals surface area contributed by atoms with Crippen molar-refractivity contribution in [3.63, 3.8) is 0 Å². The maximum Gasteiger partial charge on any atom is 0.363 e. The molecule has 12 heavy (non-hydrogen) atoms. The standard InChI is InChI=1S/C6H8F3NO2/c1-10-3-2-5(7,8)6(10,9)4(11)12/h2-3H2,1H3,(H,11,12)/t6-/m1/s1. The number of hydrogen-bond acceptors (Lipinski definition) is 2. The molecule has 1 fully saturated rings. The predicted molar refractivity (Wildman–Crippen MR) is 33.7 cm³/mol. The molecule has 0 aromatic heterocycles. The Kier molecular flexibility index (Phi) is 1.82. The molecule has 0 unspecified atom stereocenters. The molecule has 1 N–H and O–H groups in total. The lowest BCUT2D eigenvalue weighted by Crippen LogP contribution is -2.54. The maximum atomic E-state index is 13.2. The average molecular weight is 183 g/mol. The van der Waals surface area contributed by atoms with Crippen LogP contribution in [-0.4, -0.2) is 41.3 Å². The minimum Gasteiger partial charge on any atom is -0.478 e. The van der Waals surface area contributed by atoms with Gasteiger partial charge in [-0.1, -0.05) is 0 Å². The third-order valence-corrected chi connectivity index (χ3v) is 2.06. The van der Waals surface area contributed by atoms with Crippen molar-refractivity contribution in [3.8, 4) is 0 Å². The summed E-state index contributed by atoms with van der Waals surface area (Å²) in [6.45, 7) is -0.254. The van der Waals surface area contributed by atoms with Gasteiger partial charge in [0.15, 0.2) is 0 Å². The lowest BCUT2D eigenvalue weighted by Gasteiger charge is -2.27. The zero-order valence-corrected chi connectivity index (χ0v) is 6.35. The molecule has 0 aromatic carbocycles. The second-order valence-corrected chi connectivity index (χ2v) is 2.80. The molecule has 3 nitrogen and oxygen atoms in total. The summed E-state index contributed by atoms with van der Waals surface area (Å²) in [6.07, 6.45) is -0.758. The number of likely N-dealkylation sites (N-methyl/N-ethyl adjacent to an activating group) is 1. The molecule has 70 valence electrons. The molecule has 0 radical (unpaired) electrons. The Morgan fingerprint density at radius 1 is 1.50 bits per heavy atom. The molecule has 0 spiro atoms. The fourth-order valence-corrected chi connectivity index (χ4v) is 1.23. The molecule has 1 saturated heterocycles. The van der Waals surface area contributed by atoms with Crippen molar-refractivity contribution in [2.75, 3.05) is 13.6 Å². The Bertz CT molecular complexity index is 221. The molecule has 6 heteroatoms. The highest BCUT2D eigenvalue weighted by atomic mass is 19.3. The second-order valence-electron chi connectivity index (χ2n) is 2.80. The van der Waals surface area contributed by atoms with Crippen molar-refractivity contribution in [2.45, 2.75) is 18.1 Å². The number of carbonyl (C=O) groups is 1. The Labute approximate surface area is 66.8 Å². The van der Waals surface area contributed by atoms with Gasteiger partial charge in [0.2, 0.25) is 0 Å². The normalized spacial score (nSPS) is 35.3. The Hall–Kier alpha value is -0.780. The summed E-state index contributed by atoms with van der Waals surface area (Å²) in [5, 5.41) is 8.28. The van der Waals surface area contributed by atoms with Crippen molar-refractivity contribution >= 4 is 5.97 Å². The number of carboxylic acids is 1. The van der Waals surface area contributed by atoms with Crippen LogP contribution in [0.3, 0.4) is 0 Å². The molecule has 1 aliphatic rings. The largest absolute Gasteiger partial charge is 0.478 e. The number of carboxylic acid groups (broad SMARTS) is 1. The molecule has 0 aromatic rings. The van der Waals surface area contributed by atoms with Crippen LogP contribution in [-0.2, 0) is 4.79 Å². The predicted octanol–water partition coefficient (Wildman–Crippen LogP) is 0.708. The highest BCUT2D eigenvalue weighted by Gasteiger charge is 2.67. The number of halogens is 3. The van der Waals surface area contributed by atoms with E-state index in [2.05, 4.69) is 0 Å². The number of alkyl halides is 3. The van der Waals surface area contributed by atoms with Crippen LogP contribution in [0.15, 0.2) is 0 Å². The van der Waals surface area contributed by atoms with Gasteiger partial charge in [-0.15, -0.1) is 0 Å². The second kappa shape index (κ2) is 2.35. The molecule has 1 heterocycles. The Morgan fingerprint density at radius 2 is 2.00 bits per heavy atom. The van der Waals surface area contributed by atoms with Crippen molar-refractivity contribution in [2.24, 2.45) is 0 Å². The first-order valence-corrected chi connectivity index (χ1v) is 3.34. The van der Waals surface area contributed by atoms with Crippen LogP contribution in [0.4, 0.5) is 13.2 Å². The van der Waals surface area contributed by atoms with Gasteiger partial charge < -0.3 is 5.11 Å². The molecule has 0 bridgehead atoms. The summed E-state index contributed by atoms with van der Waals surface area (Å²) in [5.74, 6) is -9.46. The highest BCUT2D eigenvalue weighted by molar-refractivity contribution is 5.78. The molecule has 1 atom stereocenters. The van der Waals surface area contributed by atoms with E-state index >= 15 is 0 Å². The molecule has 1 rings (SSSR count). The van der Waals surface area contributed by atoms with Crippen molar-refractivity contribution in [1.82, 2.24) is 4.90 Å². The van der Waals surface area contributed by atoms with Gasteiger partial charge in [0, 0.05) is 13.0 Å². The first kappa shape index (κ1) is 9.31. The molecular weight excluding hydrogens is 175 g/mol. The van der Waals surface area contributed by atoms with Crippen LogP contribution in [0.25, 0.3) is 0 Å². The number of rotatable bonds is 1. The van der Waals surface area contributed by atoms with Crippen LogP contribution in [0.2, 0.25) is 0 Å². The minimum absolute atomic E-state index is 0.254. The van der Waals surface area contributed by atoms with Gasteiger partial charge in [-0.25, -0.2) is 18.0 Å². The summed E-state index contributed by atoms with van der Waals surface area (Å²) < 4.78 is 38.6. The molecule has 0 aliphatic carbocycles. The molecule has 0 amide bonds. The third kappa shape index (κ3) is 0.906. The summed E-state index contributed by atoms with van der Waals surface area (Å²) in [5.41, 5.74) is 0. The van der Waals surface area contributed by atoms with Gasteiger partial charge >= 0.3 is 17.7 Å². The van der Waals surface area contributed by atoms with E-state index in [4.69, 9.17) is 5.11 Å². The zero-order chi connectivity index (χ0) is 9.57. The fourth-order valence-electron chi connectivity index (χ4n) is 1.23. The summed E-state index contributed by atoms with van der Waals surface area (Å²) in [7, 11) is 1.02. The number of nitrogens with zero attached hydrogens (tertiary/aromatic N) is 1. The molecular formula is C6H8F3NO2. The average Bonchev–Trinajstić information content (AvgIpc) is 2.15. The minimum atomic E-state index is -3.80.